The van der Waals surface area contributed by atoms with Crippen molar-refractivity contribution in [3.8, 4) is 11.3 Å². The molecule has 138 valence electrons. The molecule has 1 N–H and O–H groups in total. The monoisotopic (exact) mass is 388 g/mol. The molecule has 0 radical (unpaired) electrons. The van der Waals surface area contributed by atoms with Crippen LogP contribution in [0, 0.1) is 0 Å². The van der Waals surface area contributed by atoms with Crippen LogP contribution in [0.15, 0.2) is 42.5 Å². The van der Waals surface area contributed by atoms with Gasteiger partial charge in [-0.15, -0.1) is 0 Å². The summed E-state index contributed by atoms with van der Waals surface area (Å²) >= 11 is 7.55. The van der Waals surface area contributed by atoms with E-state index in [1.807, 2.05) is 24.3 Å². The van der Waals surface area contributed by atoms with E-state index < -0.39 is 0 Å². The summed E-state index contributed by atoms with van der Waals surface area (Å²) in [6, 6.07) is 14.6. The van der Waals surface area contributed by atoms with E-state index in [9.17, 15) is 0 Å². The van der Waals surface area contributed by atoms with Gasteiger partial charge >= 0.3 is 0 Å². The third kappa shape index (κ3) is 4.83. The van der Waals surface area contributed by atoms with Crippen LogP contribution in [0.5, 0.6) is 0 Å². The van der Waals surface area contributed by atoms with Crippen LogP contribution in [0.1, 0.15) is 25.3 Å². The summed E-state index contributed by atoms with van der Waals surface area (Å²) in [5.41, 5.74) is 3.52. The van der Waals surface area contributed by atoms with Gasteiger partial charge in [0.1, 0.15) is 0 Å². The topological polar surface area (TPSA) is 36.4 Å². The number of hydrogen-bond donors (Lipinski definition) is 1. The van der Waals surface area contributed by atoms with Gasteiger partial charge in [-0.1, -0.05) is 42.8 Å². The van der Waals surface area contributed by atoms with Crippen molar-refractivity contribution in [2.75, 3.05) is 26.2 Å². The summed E-state index contributed by atoms with van der Waals surface area (Å²) in [6.45, 7) is 5.22. The van der Waals surface area contributed by atoms with Gasteiger partial charge in [0, 0.05) is 22.5 Å². The molecule has 0 saturated carbocycles. The maximum absolute atomic E-state index is 9.05. The molecule has 0 atom stereocenters. The Morgan fingerprint density at radius 2 is 1.88 bits per heavy atom. The fourth-order valence-corrected chi connectivity index (χ4v) is 4.17. The number of nitrogens with zero attached hydrogens (tertiary/aromatic N) is 2. The Morgan fingerprint density at radius 3 is 2.62 bits per heavy atom. The van der Waals surface area contributed by atoms with Crippen LogP contribution in [0.25, 0.3) is 21.3 Å². The predicted molar refractivity (Wildman–Crippen MR) is 112 cm³/mol. The van der Waals surface area contributed by atoms with E-state index in [1.165, 1.54) is 15.6 Å². The van der Waals surface area contributed by atoms with Gasteiger partial charge in [-0.05, 0) is 67.6 Å². The molecule has 3 rings (SSSR count). The van der Waals surface area contributed by atoms with Gasteiger partial charge in [-0.3, -0.25) is 0 Å². The fourth-order valence-electron chi connectivity index (χ4n) is 3.19. The Labute approximate surface area is 164 Å². The Kier molecular flexibility index (Phi) is 7.03. The second-order valence-corrected chi connectivity index (χ2v) is 7.72. The minimum Gasteiger partial charge on any atom is -0.395 e. The maximum atomic E-state index is 9.05. The van der Waals surface area contributed by atoms with Crippen molar-refractivity contribution in [1.29, 1.82) is 0 Å². The predicted octanol–water partition coefficient (Wildman–Crippen LogP) is 5.25. The van der Waals surface area contributed by atoms with Gasteiger partial charge in [0.25, 0.3) is 0 Å². The number of hydrogen-bond acceptors (Lipinski definition) is 4. The molecule has 0 spiro atoms. The Hall–Kier alpha value is -1.46. The molecule has 26 heavy (non-hydrogen) atoms. The molecular formula is C21H25ClN2OS. The molecular weight excluding hydrogens is 364 g/mol. The van der Waals surface area contributed by atoms with E-state index in [-0.39, 0.29) is 6.61 Å². The van der Waals surface area contributed by atoms with Crippen LogP contribution < -0.4 is 0 Å². The number of aliphatic hydroxyl groups excluding tert-OH is 1. The SMILES string of the molecule is CCN(CCO)CCCCc1ccc2c(-c3ccc(Cl)cc3)nsc2c1. The lowest BCUT2D eigenvalue weighted by Crippen LogP contribution is -2.27. The number of unbranched alkanes of at least 4 members (excludes halogenated alkanes) is 1. The molecule has 2 aromatic carbocycles. The number of benzene rings is 2. The lowest BCUT2D eigenvalue weighted by Gasteiger charge is -2.18. The van der Waals surface area contributed by atoms with Gasteiger partial charge in [0.15, 0.2) is 0 Å². The lowest BCUT2D eigenvalue weighted by molar-refractivity contribution is 0.200. The minimum atomic E-state index is 0.242. The van der Waals surface area contributed by atoms with Crippen LogP contribution >= 0.6 is 23.1 Å². The maximum Gasteiger partial charge on any atom is 0.0919 e. The van der Waals surface area contributed by atoms with Crippen LogP contribution in [0.3, 0.4) is 0 Å². The Morgan fingerprint density at radius 1 is 1.08 bits per heavy atom. The highest BCUT2D eigenvalue weighted by molar-refractivity contribution is 7.13. The van der Waals surface area contributed by atoms with Gasteiger partial charge in [0.05, 0.1) is 17.0 Å². The highest BCUT2D eigenvalue weighted by Gasteiger charge is 2.09. The molecule has 0 bridgehead atoms. The Balaban J connectivity index is 1.62. The number of aliphatic hydroxyl groups is 1. The van der Waals surface area contributed by atoms with Crippen molar-refractivity contribution in [2.24, 2.45) is 0 Å². The van der Waals surface area contributed by atoms with E-state index >= 15 is 0 Å². The highest BCUT2D eigenvalue weighted by Crippen LogP contribution is 2.32. The molecule has 1 aromatic heterocycles. The van der Waals surface area contributed by atoms with Gasteiger partial charge < -0.3 is 10.0 Å². The van der Waals surface area contributed by atoms with Gasteiger partial charge in [-0.2, -0.15) is 4.37 Å². The van der Waals surface area contributed by atoms with Crippen molar-refractivity contribution in [3.63, 3.8) is 0 Å². The first kappa shape index (κ1) is 19.3. The van der Waals surface area contributed by atoms with Crippen LogP contribution in [0.4, 0.5) is 0 Å². The number of fused-ring (bicyclic) bond motifs is 1. The highest BCUT2D eigenvalue weighted by atomic mass is 35.5. The van der Waals surface area contributed by atoms with Crippen molar-refractivity contribution in [3.05, 3.63) is 53.1 Å². The standard InChI is InChI=1S/C21H25ClN2OS/c1-2-24(13-14-25)12-4-3-5-16-6-11-19-20(15-16)26-23-21(19)17-7-9-18(22)10-8-17/h6-11,15,25H,2-5,12-14H2,1H3. The number of aryl methyl sites for hydroxylation is 1. The second-order valence-electron chi connectivity index (χ2n) is 6.48. The van der Waals surface area contributed by atoms with Crippen LogP contribution in [-0.2, 0) is 6.42 Å². The smallest absolute Gasteiger partial charge is 0.0919 e. The van der Waals surface area contributed by atoms with E-state index in [1.54, 1.807) is 11.5 Å². The van der Waals surface area contributed by atoms with Crippen LogP contribution in [0.2, 0.25) is 5.02 Å². The third-order valence-corrected chi connectivity index (χ3v) is 5.77. The van der Waals surface area contributed by atoms with Crippen LogP contribution in [-0.4, -0.2) is 40.6 Å². The minimum absolute atomic E-state index is 0.242. The molecule has 0 unspecified atom stereocenters. The van der Waals surface area contributed by atoms with Crippen molar-refractivity contribution in [1.82, 2.24) is 9.27 Å². The average Bonchev–Trinajstić information content (AvgIpc) is 3.08. The largest absolute Gasteiger partial charge is 0.395 e. The molecule has 0 amide bonds. The molecule has 0 aliphatic rings. The van der Waals surface area contributed by atoms with Gasteiger partial charge in [0.2, 0.25) is 0 Å². The van der Waals surface area contributed by atoms with Crippen molar-refractivity contribution in [2.45, 2.75) is 26.2 Å². The number of aromatic nitrogens is 1. The van der Waals surface area contributed by atoms with Crippen molar-refractivity contribution < 1.29 is 5.11 Å². The van der Waals surface area contributed by atoms with E-state index in [0.29, 0.717) is 0 Å². The zero-order valence-corrected chi connectivity index (χ0v) is 16.7. The summed E-state index contributed by atoms with van der Waals surface area (Å²) in [7, 11) is 0. The number of likely N-dealkylation sites (N-methyl/N-ethyl adjacent to an activating group) is 1. The quantitative estimate of drug-likeness (QED) is 0.508. The summed E-state index contributed by atoms with van der Waals surface area (Å²) < 4.78 is 5.89. The van der Waals surface area contributed by atoms with Gasteiger partial charge in [-0.25, -0.2) is 0 Å². The first-order valence-corrected chi connectivity index (χ1v) is 10.3. The fraction of sp³-hybridized carbons (Fsp3) is 0.381. The first-order valence-electron chi connectivity index (χ1n) is 9.18. The summed E-state index contributed by atoms with van der Waals surface area (Å²) in [5, 5.41) is 11.0. The molecule has 3 nitrogen and oxygen atoms in total. The molecule has 0 saturated heterocycles. The third-order valence-electron chi connectivity index (χ3n) is 4.71. The zero-order chi connectivity index (χ0) is 18.4. The number of rotatable bonds is 9. The summed E-state index contributed by atoms with van der Waals surface area (Å²) in [6.07, 6.45) is 3.40. The summed E-state index contributed by atoms with van der Waals surface area (Å²) in [4.78, 5) is 2.30. The van der Waals surface area contributed by atoms with Crippen molar-refractivity contribution >= 4 is 33.2 Å². The summed E-state index contributed by atoms with van der Waals surface area (Å²) in [5.74, 6) is 0. The molecule has 0 aliphatic carbocycles. The zero-order valence-electron chi connectivity index (χ0n) is 15.1. The molecule has 0 aliphatic heterocycles. The molecule has 3 aromatic rings. The lowest BCUT2D eigenvalue weighted by atomic mass is 10.0. The second kappa shape index (κ2) is 9.47. The average molecular weight is 389 g/mol. The molecule has 0 fully saturated rings. The first-order chi connectivity index (χ1) is 12.7. The number of halogens is 1. The molecule has 1 heterocycles. The Bertz CT molecular complexity index is 832. The normalized spacial score (nSPS) is 11.5. The molecule has 5 heteroatoms. The van der Waals surface area contributed by atoms with E-state index in [2.05, 4.69) is 34.4 Å². The van der Waals surface area contributed by atoms with E-state index in [4.69, 9.17) is 16.7 Å². The van der Waals surface area contributed by atoms with E-state index in [0.717, 1.165) is 55.2 Å².